The maximum Gasteiger partial charge on any atom is 0.321 e. The summed E-state index contributed by atoms with van der Waals surface area (Å²) in [5.74, 6) is 0.108. The first-order chi connectivity index (χ1) is 6.22. The van der Waals surface area contributed by atoms with Crippen LogP contribution >= 0.6 is 0 Å². The second-order valence-corrected chi connectivity index (χ2v) is 2.77. The van der Waals surface area contributed by atoms with Crippen LogP contribution in [-0.4, -0.2) is 38.3 Å². The molecule has 0 aromatic carbocycles. The number of hydrogen-bond acceptors (Lipinski definition) is 3. The minimum Gasteiger partial charge on any atom is -0.379 e. The van der Waals surface area contributed by atoms with Gasteiger partial charge in [-0.05, 0) is 6.42 Å². The summed E-state index contributed by atoms with van der Waals surface area (Å²) in [6, 6.07) is -0.247. The molecule has 0 spiro atoms. The van der Waals surface area contributed by atoms with Crippen LogP contribution in [0.1, 0.15) is 6.42 Å². The first-order valence-corrected chi connectivity index (χ1v) is 4.10. The molecule has 13 heavy (non-hydrogen) atoms. The molecule has 0 bridgehead atoms. The zero-order valence-electron chi connectivity index (χ0n) is 7.54. The Balaban J connectivity index is 2.24. The number of urea groups is 1. The Morgan fingerprint density at radius 1 is 1.69 bits per heavy atom. The Kier molecular flexibility index (Phi) is 3.51. The molecule has 0 aromatic heterocycles. The predicted molar refractivity (Wildman–Crippen MR) is 48.4 cm³/mol. The summed E-state index contributed by atoms with van der Waals surface area (Å²) in [5, 5.41) is 5.09. The maximum atomic E-state index is 11.1. The maximum absolute atomic E-state index is 11.1. The highest BCUT2D eigenvalue weighted by atomic mass is 16.5. The van der Waals surface area contributed by atoms with Gasteiger partial charge in [0.1, 0.15) is 0 Å². The third-order valence-corrected chi connectivity index (χ3v) is 1.75. The van der Waals surface area contributed by atoms with Crippen LogP contribution in [-0.2, 0) is 4.74 Å². The number of carbonyl (C=O) groups is 1. The van der Waals surface area contributed by atoms with E-state index in [9.17, 15) is 4.79 Å². The van der Waals surface area contributed by atoms with Crippen LogP contribution in [0, 0.1) is 0 Å². The average molecular weight is 186 g/mol. The number of guanidine groups is 1. The lowest BCUT2D eigenvalue weighted by molar-refractivity contribution is 0.189. The van der Waals surface area contributed by atoms with Gasteiger partial charge in [0.05, 0.1) is 12.6 Å². The van der Waals surface area contributed by atoms with E-state index in [-0.39, 0.29) is 18.0 Å². The summed E-state index contributed by atoms with van der Waals surface area (Å²) in [6.45, 7) is 1.26. The van der Waals surface area contributed by atoms with Crippen molar-refractivity contribution in [2.45, 2.75) is 12.5 Å². The summed E-state index contributed by atoms with van der Waals surface area (Å²) >= 11 is 0. The van der Waals surface area contributed by atoms with Gasteiger partial charge in [0.25, 0.3) is 0 Å². The van der Waals surface area contributed by atoms with Crippen molar-refractivity contribution < 1.29 is 9.53 Å². The fourth-order valence-electron chi connectivity index (χ4n) is 1.04. The SMILES string of the molecule is CN=C(N)NC(=O)NC1CCOC1. The lowest BCUT2D eigenvalue weighted by atomic mass is 10.3. The molecule has 1 rings (SSSR count). The van der Waals surface area contributed by atoms with Crippen LogP contribution in [0.5, 0.6) is 0 Å². The Hall–Kier alpha value is -1.30. The number of hydrogen-bond donors (Lipinski definition) is 3. The number of nitrogens with one attached hydrogen (secondary N) is 2. The minimum atomic E-state index is -0.335. The van der Waals surface area contributed by atoms with Crippen LogP contribution in [0.2, 0.25) is 0 Å². The Morgan fingerprint density at radius 3 is 3.00 bits per heavy atom. The monoisotopic (exact) mass is 186 g/mol. The Labute approximate surface area is 76.5 Å². The quantitative estimate of drug-likeness (QED) is 0.363. The van der Waals surface area contributed by atoms with Gasteiger partial charge < -0.3 is 15.8 Å². The number of nitrogens with two attached hydrogens (primary N) is 1. The molecule has 6 heteroatoms. The van der Waals surface area contributed by atoms with Crippen molar-refractivity contribution in [1.82, 2.24) is 10.6 Å². The van der Waals surface area contributed by atoms with Crippen molar-refractivity contribution in [2.75, 3.05) is 20.3 Å². The lowest BCUT2D eigenvalue weighted by Gasteiger charge is -2.10. The van der Waals surface area contributed by atoms with Gasteiger partial charge >= 0.3 is 6.03 Å². The van der Waals surface area contributed by atoms with Crippen LogP contribution < -0.4 is 16.4 Å². The largest absolute Gasteiger partial charge is 0.379 e. The van der Waals surface area contributed by atoms with Crippen LogP contribution in [0.15, 0.2) is 4.99 Å². The first kappa shape index (κ1) is 9.79. The number of ether oxygens (including phenoxy) is 1. The fourth-order valence-corrected chi connectivity index (χ4v) is 1.04. The molecule has 1 saturated heterocycles. The summed E-state index contributed by atoms with van der Waals surface area (Å²) < 4.78 is 5.09. The molecule has 1 fully saturated rings. The van der Waals surface area contributed by atoms with E-state index in [1.54, 1.807) is 0 Å². The van der Waals surface area contributed by atoms with Gasteiger partial charge in [-0.25, -0.2) is 4.79 Å². The molecule has 6 nitrogen and oxygen atoms in total. The van der Waals surface area contributed by atoms with Crippen LogP contribution in [0.25, 0.3) is 0 Å². The average Bonchev–Trinajstić information content (AvgIpc) is 2.56. The summed E-state index contributed by atoms with van der Waals surface area (Å²) in [6.07, 6.45) is 0.844. The standard InChI is InChI=1S/C7H14N4O2/c1-9-6(8)11-7(12)10-5-2-3-13-4-5/h5H,2-4H2,1H3,(H4,8,9,10,11,12). The molecule has 1 aliphatic heterocycles. The third-order valence-electron chi connectivity index (χ3n) is 1.75. The molecular formula is C7H14N4O2. The van der Waals surface area contributed by atoms with Gasteiger partial charge in [-0.15, -0.1) is 0 Å². The normalized spacial score (nSPS) is 22.8. The Morgan fingerprint density at radius 2 is 2.46 bits per heavy atom. The first-order valence-electron chi connectivity index (χ1n) is 4.10. The van der Waals surface area contributed by atoms with Crippen LogP contribution in [0.4, 0.5) is 4.79 Å². The molecule has 1 heterocycles. The predicted octanol–water partition coefficient (Wildman–Crippen LogP) is -0.981. The van der Waals surface area contributed by atoms with Crippen molar-refractivity contribution in [1.29, 1.82) is 0 Å². The summed E-state index contributed by atoms with van der Waals surface area (Å²) in [4.78, 5) is 14.7. The molecule has 4 N–H and O–H groups in total. The molecular weight excluding hydrogens is 172 g/mol. The summed E-state index contributed by atoms with van der Waals surface area (Å²) in [5.41, 5.74) is 5.29. The van der Waals surface area contributed by atoms with E-state index in [2.05, 4.69) is 15.6 Å². The van der Waals surface area contributed by atoms with Gasteiger partial charge in [0.2, 0.25) is 0 Å². The van der Waals surface area contributed by atoms with Crippen molar-refractivity contribution in [3.05, 3.63) is 0 Å². The highest BCUT2D eigenvalue weighted by Crippen LogP contribution is 2.02. The van der Waals surface area contributed by atoms with E-state index < -0.39 is 0 Å². The molecule has 1 aliphatic rings. The number of aliphatic imine (C=N–C) groups is 1. The molecule has 2 amide bonds. The lowest BCUT2D eigenvalue weighted by Crippen LogP contribution is -2.47. The fraction of sp³-hybridized carbons (Fsp3) is 0.714. The van der Waals surface area contributed by atoms with Crippen molar-refractivity contribution in [3.63, 3.8) is 0 Å². The number of amides is 2. The zero-order chi connectivity index (χ0) is 9.68. The van der Waals surface area contributed by atoms with Gasteiger partial charge in [-0.1, -0.05) is 0 Å². The van der Waals surface area contributed by atoms with Crippen LogP contribution in [0.3, 0.4) is 0 Å². The number of rotatable bonds is 1. The van der Waals surface area contributed by atoms with Gasteiger partial charge in [0.15, 0.2) is 5.96 Å². The van der Waals surface area contributed by atoms with Crippen molar-refractivity contribution >= 4 is 12.0 Å². The van der Waals surface area contributed by atoms with Gasteiger partial charge in [0, 0.05) is 13.7 Å². The van der Waals surface area contributed by atoms with E-state index in [1.165, 1.54) is 7.05 Å². The van der Waals surface area contributed by atoms with E-state index in [0.717, 1.165) is 6.42 Å². The molecule has 1 unspecified atom stereocenters. The molecule has 0 saturated carbocycles. The molecule has 1 atom stereocenters. The second-order valence-electron chi connectivity index (χ2n) is 2.77. The number of carbonyl (C=O) groups excluding carboxylic acids is 1. The summed E-state index contributed by atoms with van der Waals surface area (Å²) in [7, 11) is 1.51. The highest BCUT2D eigenvalue weighted by Gasteiger charge is 2.17. The van der Waals surface area contributed by atoms with E-state index in [1.807, 2.05) is 0 Å². The molecule has 0 aliphatic carbocycles. The van der Waals surface area contributed by atoms with Crippen molar-refractivity contribution in [2.24, 2.45) is 10.7 Å². The Bertz CT molecular complexity index is 211. The van der Waals surface area contributed by atoms with Gasteiger partial charge in [-0.3, -0.25) is 10.3 Å². The minimum absolute atomic E-state index is 0.0876. The second kappa shape index (κ2) is 4.66. The highest BCUT2D eigenvalue weighted by molar-refractivity contribution is 5.95. The van der Waals surface area contributed by atoms with Crippen molar-refractivity contribution in [3.8, 4) is 0 Å². The van der Waals surface area contributed by atoms with Gasteiger partial charge in [-0.2, -0.15) is 0 Å². The topological polar surface area (TPSA) is 88.7 Å². The van der Waals surface area contributed by atoms with E-state index in [4.69, 9.17) is 10.5 Å². The molecule has 0 aromatic rings. The molecule has 74 valence electrons. The van der Waals surface area contributed by atoms with E-state index in [0.29, 0.717) is 13.2 Å². The zero-order valence-corrected chi connectivity index (χ0v) is 7.54. The number of nitrogens with zero attached hydrogens (tertiary/aromatic N) is 1. The smallest absolute Gasteiger partial charge is 0.321 e. The van der Waals surface area contributed by atoms with E-state index >= 15 is 0 Å². The third kappa shape index (κ3) is 3.29. The molecule has 0 radical (unpaired) electrons.